The van der Waals surface area contributed by atoms with Gasteiger partial charge in [0.2, 0.25) is 0 Å². The molecule has 0 unspecified atom stereocenters. The van der Waals surface area contributed by atoms with Crippen molar-refractivity contribution in [3.05, 3.63) is 41.6 Å². The summed E-state index contributed by atoms with van der Waals surface area (Å²) in [7, 11) is 1.74. The number of carboxylic acid groups (broad SMARTS) is 1. The molecule has 0 radical (unpaired) electrons. The maximum absolute atomic E-state index is 11.2. The highest BCUT2D eigenvalue weighted by Gasteiger charge is 2.21. The molecule has 0 amide bonds. The second kappa shape index (κ2) is 4.53. The lowest BCUT2D eigenvalue weighted by Crippen LogP contribution is -2.08. The van der Waals surface area contributed by atoms with E-state index in [1.807, 2.05) is 12.1 Å². The van der Waals surface area contributed by atoms with E-state index in [4.69, 9.17) is 0 Å². The maximum Gasteiger partial charge on any atom is 0.339 e. The Morgan fingerprint density at radius 3 is 2.84 bits per heavy atom. The summed E-state index contributed by atoms with van der Waals surface area (Å²) < 4.78 is 1.55. The van der Waals surface area contributed by atoms with Gasteiger partial charge in [-0.2, -0.15) is 5.10 Å². The van der Waals surface area contributed by atoms with Crippen molar-refractivity contribution in [1.29, 1.82) is 0 Å². The standard InChI is InChI=1S/C15H16N2O2/c1-17-9-13(15(18)19)14(16-17)12-7-3-6-11(8-12)10-4-2-5-10/h3,6-10H,2,4-5H2,1H3,(H,18,19). The molecule has 1 saturated carbocycles. The minimum absolute atomic E-state index is 0.258. The number of hydrogen-bond donors (Lipinski definition) is 1. The van der Waals surface area contributed by atoms with Crippen molar-refractivity contribution in [2.45, 2.75) is 25.2 Å². The van der Waals surface area contributed by atoms with E-state index in [0.717, 1.165) is 5.56 Å². The minimum atomic E-state index is -0.933. The molecule has 1 fully saturated rings. The van der Waals surface area contributed by atoms with Crippen LogP contribution in [0.25, 0.3) is 11.3 Å². The van der Waals surface area contributed by atoms with Crippen molar-refractivity contribution in [2.75, 3.05) is 0 Å². The van der Waals surface area contributed by atoms with Crippen LogP contribution in [0.1, 0.15) is 41.1 Å². The quantitative estimate of drug-likeness (QED) is 0.918. The van der Waals surface area contributed by atoms with E-state index in [0.29, 0.717) is 11.6 Å². The maximum atomic E-state index is 11.2. The topological polar surface area (TPSA) is 55.1 Å². The molecule has 1 N–H and O–H groups in total. The molecular weight excluding hydrogens is 240 g/mol. The van der Waals surface area contributed by atoms with Crippen LogP contribution in [0.5, 0.6) is 0 Å². The molecule has 2 aromatic rings. The molecule has 0 saturated heterocycles. The number of rotatable bonds is 3. The Hall–Kier alpha value is -2.10. The Morgan fingerprint density at radius 1 is 1.42 bits per heavy atom. The first-order chi connectivity index (χ1) is 9.15. The van der Waals surface area contributed by atoms with E-state index in [9.17, 15) is 9.90 Å². The number of carbonyl (C=O) groups is 1. The van der Waals surface area contributed by atoms with Crippen LogP contribution in [-0.4, -0.2) is 20.9 Å². The van der Waals surface area contributed by atoms with Gasteiger partial charge >= 0.3 is 5.97 Å². The van der Waals surface area contributed by atoms with Gasteiger partial charge in [-0.15, -0.1) is 0 Å². The second-order valence-electron chi connectivity index (χ2n) is 5.12. The number of aromatic nitrogens is 2. The summed E-state index contributed by atoms with van der Waals surface area (Å²) in [5, 5.41) is 13.5. The van der Waals surface area contributed by atoms with E-state index in [-0.39, 0.29) is 5.56 Å². The average Bonchev–Trinajstić information content (AvgIpc) is 2.70. The van der Waals surface area contributed by atoms with Crippen LogP contribution < -0.4 is 0 Å². The van der Waals surface area contributed by atoms with Crippen LogP contribution >= 0.6 is 0 Å². The van der Waals surface area contributed by atoms with Crippen LogP contribution in [-0.2, 0) is 7.05 Å². The largest absolute Gasteiger partial charge is 0.478 e. The molecule has 3 rings (SSSR count). The Labute approximate surface area is 111 Å². The van der Waals surface area contributed by atoms with Gasteiger partial charge < -0.3 is 5.11 Å². The van der Waals surface area contributed by atoms with E-state index in [1.165, 1.54) is 24.8 Å². The van der Waals surface area contributed by atoms with Gasteiger partial charge in [-0.25, -0.2) is 4.79 Å². The predicted molar refractivity (Wildman–Crippen MR) is 72.2 cm³/mol. The Balaban J connectivity index is 2.04. The zero-order valence-electron chi connectivity index (χ0n) is 10.8. The highest BCUT2D eigenvalue weighted by molar-refractivity contribution is 5.94. The van der Waals surface area contributed by atoms with Crippen LogP contribution in [0, 0.1) is 0 Å². The highest BCUT2D eigenvalue weighted by Crippen LogP contribution is 2.37. The van der Waals surface area contributed by atoms with Crippen molar-refractivity contribution in [2.24, 2.45) is 7.05 Å². The number of aryl methyl sites for hydroxylation is 1. The number of carboxylic acids is 1. The third-order valence-corrected chi connectivity index (χ3v) is 3.80. The van der Waals surface area contributed by atoms with Gasteiger partial charge in [-0.1, -0.05) is 24.6 Å². The molecule has 0 spiro atoms. The summed E-state index contributed by atoms with van der Waals surface area (Å²) in [6.45, 7) is 0. The van der Waals surface area contributed by atoms with E-state index in [1.54, 1.807) is 17.9 Å². The first-order valence-corrected chi connectivity index (χ1v) is 6.52. The van der Waals surface area contributed by atoms with E-state index in [2.05, 4.69) is 17.2 Å². The van der Waals surface area contributed by atoms with Crippen molar-refractivity contribution >= 4 is 5.97 Å². The Morgan fingerprint density at radius 2 is 2.21 bits per heavy atom. The summed E-state index contributed by atoms with van der Waals surface area (Å²) in [6, 6.07) is 8.12. The molecule has 1 aromatic heterocycles. The lowest BCUT2D eigenvalue weighted by atomic mass is 9.79. The highest BCUT2D eigenvalue weighted by atomic mass is 16.4. The number of nitrogens with zero attached hydrogens (tertiary/aromatic N) is 2. The zero-order chi connectivity index (χ0) is 13.4. The number of benzene rings is 1. The molecule has 4 nitrogen and oxygen atoms in total. The average molecular weight is 256 g/mol. The SMILES string of the molecule is Cn1cc(C(=O)O)c(-c2cccc(C3CCC3)c2)n1. The normalized spacial score (nSPS) is 15.2. The molecule has 19 heavy (non-hydrogen) atoms. The summed E-state index contributed by atoms with van der Waals surface area (Å²) in [4.78, 5) is 11.2. The van der Waals surface area contributed by atoms with Crippen molar-refractivity contribution in [1.82, 2.24) is 9.78 Å². The molecule has 0 bridgehead atoms. The number of aromatic carboxylic acids is 1. The fraction of sp³-hybridized carbons (Fsp3) is 0.333. The summed E-state index contributed by atoms with van der Waals surface area (Å²) >= 11 is 0. The van der Waals surface area contributed by atoms with Crippen LogP contribution in [0.2, 0.25) is 0 Å². The van der Waals surface area contributed by atoms with Crippen molar-refractivity contribution in [3.63, 3.8) is 0 Å². The molecule has 1 aliphatic carbocycles. The number of hydrogen-bond acceptors (Lipinski definition) is 2. The molecule has 98 valence electrons. The monoisotopic (exact) mass is 256 g/mol. The Bertz CT molecular complexity index is 627. The van der Waals surface area contributed by atoms with Gasteiger partial charge in [-0.05, 0) is 30.4 Å². The smallest absolute Gasteiger partial charge is 0.339 e. The van der Waals surface area contributed by atoms with Gasteiger partial charge in [0.1, 0.15) is 11.3 Å². The third kappa shape index (κ3) is 2.14. The first-order valence-electron chi connectivity index (χ1n) is 6.52. The van der Waals surface area contributed by atoms with Gasteiger partial charge in [0, 0.05) is 18.8 Å². The van der Waals surface area contributed by atoms with Crippen LogP contribution in [0.4, 0.5) is 0 Å². The van der Waals surface area contributed by atoms with Gasteiger partial charge in [-0.3, -0.25) is 4.68 Å². The molecule has 4 heteroatoms. The molecule has 0 atom stereocenters. The van der Waals surface area contributed by atoms with Gasteiger partial charge in [0.15, 0.2) is 0 Å². The van der Waals surface area contributed by atoms with E-state index < -0.39 is 5.97 Å². The van der Waals surface area contributed by atoms with Crippen LogP contribution in [0.15, 0.2) is 30.5 Å². The van der Waals surface area contributed by atoms with Crippen molar-refractivity contribution in [3.8, 4) is 11.3 Å². The predicted octanol–water partition coefficient (Wildman–Crippen LogP) is 3.05. The lowest BCUT2D eigenvalue weighted by molar-refractivity contribution is 0.0697. The van der Waals surface area contributed by atoms with Gasteiger partial charge in [0.05, 0.1) is 0 Å². The zero-order valence-corrected chi connectivity index (χ0v) is 10.8. The summed E-state index contributed by atoms with van der Waals surface area (Å²) in [6.07, 6.45) is 5.31. The summed E-state index contributed by atoms with van der Waals surface area (Å²) in [5.74, 6) is -0.297. The summed E-state index contributed by atoms with van der Waals surface area (Å²) in [5.41, 5.74) is 3.00. The Kier molecular flexibility index (Phi) is 2.85. The first kappa shape index (κ1) is 12.0. The van der Waals surface area contributed by atoms with Crippen LogP contribution in [0.3, 0.4) is 0 Å². The lowest BCUT2D eigenvalue weighted by Gasteiger charge is -2.26. The third-order valence-electron chi connectivity index (χ3n) is 3.80. The molecule has 1 aliphatic rings. The molecular formula is C15H16N2O2. The molecule has 1 aromatic carbocycles. The fourth-order valence-corrected chi connectivity index (χ4v) is 2.54. The fourth-order valence-electron chi connectivity index (χ4n) is 2.54. The molecule has 0 aliphatic heterocycles. The van der Waals surface area contributed by atoms with Crippen molar-refractivity contribution < 1.29 is 9.90 Å². The molecule has 1 heterocycles. The van der Waals surface area contributed by atoms with E-state index >= 15 is 0 Å². The van der Waals surface area contributed by atoms with Gasteiger partial charge in [0.25, 0.3) is 0 Å². The second-order valence-corrected chi connectivity index (χ2v) is 5.12. The minimum Gasteiger partial charge on any atom is -0.478 e.